The van der Waals surface area contributed by atoms with Crippen LogP contribution in [0.25, 0.3) is 0 Å². The van der Waals surface area contributed by atoms with Gasteiger partial charge in [-0.2, -0.15) is 0 Å². The number of nitrogens with zero attached hydrogens (tertiary/aromatic N) is 2. The minimum Gasteiger partial charge on any atom is -0.480 e. The molecule has 1 N–H and O–H groups in total. The molecule has 0 bridgehead atoms. The van der Waals surface area contributed by atoms with Crippen LogP contribution >= 0.6 is 11.6 Å². The number of carboxylic acid groups (broad SMARTS) is 1. The van der Waals surface area contributed by atoms with Crippen molar-refractivity contribution >= 4 is 23.5 Å². The average molecular weight is 289 g/mol. The monoisotopic (exact) mass is 288 g/mol. The molecule has 0 unspecified atom stereocenters. The molecule has 1 aromatic heterocycles. The number of carbonyl (C=O) groups excluding carboxylic acids is 1. The number of rotatable bonds is 7. The standard InChI is InChI=1S/C12H17ClN2O4/c1-3-14-7-9(13)6-10(14)12(18)15(4-5-19-2)8-11(16)17/h6-7H,3-5,8H2,1-2H3,(H,16,17). The van der Waals surface area contributed by atoms with Gasteiger partial charge >= 0.3 is 5.97 Å². The molecule has 1 aromatic rings. The van der Waals surface area contributed by atoms with Crippen molar-refractivity contribution in [1.82, 2.24) is 9.47 Å². The molecule has 106 valence electrons. The van der Waals surface area contributed by atoms with Gasteiger partial charge in [-0.1, -0.05) is 11.6 Å². The van der Waals surface area contributed by atoms with Crippen LogP contribution in [0.4, 0.5) is 0 Å². The van der Waals surface area contributed by atoms with Gasteiger partial charge in [-0.15, -0.1) is 0 Å². The van der Waals surface area contributed by atoms with Crippen molar-refractivity contribution in [2.45, 2.75) is 13.5 Å². The number of carbonyl (C=O) groups is 2. The summed E-state index contributed by atoms with van der Waals surface area (Å²) in [6, 6.07) is 1.54. The quantitative estimate of drug-likeness (QED) is 0.822. The molecule has 19 heavy (non-hydrogen) atoms. The molecule has 1 rings (SSSR count). The molecular formula is C12H17ClN2O4. The van der Waals surface area contributed by atoms with E-state index in [4.69, 9.17) is 21.4 Å². The maximum absolute atomic E-state index is 12.3. The smallest absolute Gasteiger partial charge is 0.323 e. The molecular weight excluding hydrogens is 272 g/mol. The highest BCUT2D eigenvalue weighted by molar-refractivity contribution is 6.31. The van der Waals surface area contributed by atoms with Crippen molar-refractivity contribution < 1.29 is 19.4 Å². The highest BCUT2D eigenvalue weighted by atomic mass is 35.5. The maximum atomic E-state index is 12.3. The predicted octanol–water partition coefficient (Wildman–Crippen LogP) is 1.33. The molecule has 0 atom stereocenters. The van der Waals surface area contributed by atoms with E-state index >= 15 is 0 Å². The fourth-order valence-electron chi connectivity index (χ4n) is 1.69. The van der Waals surface area contributed by atoms with Crippen molar-refractivity contribution in [3.8, 4) is 0 Å². The predicted molar refractivity (Wildman–Crippen MR) is 70.5 cm³/mol. The van der Waals surface area contributed by atoms with E-state index < -0.39 is 5.97 Å². The average Bonchev–Trinajstić information content (AvgIpc) is 2.74. The normalized spacial score (nSPS) is 10.5. The van der Waals surface area contributed by atoms with Gasteiger partial charge in [0.1, 0.15) is 12.2 Å². The van der Waals surface area contributed by atoms with Gasteiger partial charge in [-0.05, 0) is 13.0 Å². The fraction of sp³-hybridized carbons (Fsp3) is 0.500. The van der Waals surface area contributed by atoms with Crippen LogP contribution in [-0.4, -0.2) is 53.3 Å². The summed E-state index contributed by atoms with van der Waals surface area (Å²) >= 11 is 5.87. The molecule has 1 amide bonds. The van der Waals surface area contributed by atoms with Crippen molar-refractivity contribution in [1.29, 1.82) is 0 Å². The maximum Gasteiger partial charge on any atom is 0.323 e. The molecule has 0 aromatic carbocycles. The zero-order valence-electron chi connectivity index (χ0n) is 10.9. The van der Waals surface area contributed by atoms with Gasteiger partial charge < -0.3 is 19.3 Å². The molecule has 0 saturated heterocycles. The number of methoxy groups -OCH3 is 1. The number of aryl methyl sites for hydroxylation is 1. The van der Waals surface area contributed by atoms with E-state index in [2.05, 4.69) is 0 Å². The van der Waals surface area contributed by atoms with Crippen LogP contribution in [0.1, 0.15) is 17.4 Å². The summed E-state index contributed by atoms with van der Waals surface area (Å²) in [6.07, 6.45) is 1.64. The van der Waals surface area contributed by atoms with E-state index in [-0.39, 0.29) is 25.6 Å². The van der Waals surface area contributed by atoms with Crippen LogP contribution in [-0.2, 0) is 16.1 Å². The number of aromatic nitrogens is 1. The lowest BCUT2D eigenvalue weighted by Crippen LogP contribution is -2.38. The lowest BCUT2D eigenvalue weighted by Gasteiger charge is -2.20. The third-order valence-corrected chi connectivity index (χ3v) is 2.81. The van der Waals surface area contributed by atoms with E-state index in [1.165, 1.54) is 18.1 Å². The Morgan fingerprint density at radius 1 is 1.53 bits per heavy atom. The summed E-state index contributed by atoms with van der Waals surface area (Å²) in [4.78, 5) is 24.3. The zero-order valence-corrected chi connectivity index (χ0v) is 11.7. The van der Waals surface area contributed by atoms with Crippen molar-refractivity contribution in [3.05, 3.63) is 23.0 Å². The second-order valence-electron chi connectivity index (χ2n) is 3.94. The number of carboxylic acids is 1. The van der Waals surface area contributed by atoms with Crippen molar-refractivity contribution in [3.63, 3.8) is 0 Å². The summed E-state index contributed by atoms with van der Waals surface area (Å²) < 4.78 is 6.57. The van der Waals surface area contributed by atoms with Crippen LogP contribution in [0.15, 0.2) is 12.3 Å². The molecule has 0 aliphatic carbocycles. The zero-order chi connectivity index (χ0) is 14.4. The summed E-state index contributed by atoms with van der Waals surface area (Å²) in [5.41, 5.74) is 0.379. The number of halogens is 1. The first kappa shape index (κ1) is 15.5. The first-order valence-corrected chi connectivity index (χ1v) is 6.23. The van der Waals surface area contributed by atoms with E-state index in [9.17, 15) is 9.59 Å². The Hall–Kier alpha value is -1.53. The highest BCUT2D eigenvalue weighted by Crippen LogP contribution is 2.16. The molecule has 1 heterocycles. The number of hydrogen-bond acceptors (Lipinski definition) is 3. The molecule has 6 nitrogen and oxygen atoms in total. The van der Waals surface area contributed by atoms with Gasteiger partial charge in [-0.3, -0.25) is 9.59 Å². The first-order chi connectivity index (χ1) is 8.99. The van der Waals surface area contributed by atoms with Crippen LogP contribution in [0.5, 0.6) is 0 Å². The largest absolute Gasteiger partial charge is 0.480 e. The van der Waals surface area contributed by atoms with E-state index in [0.29, 0.717) is 17.3 Å². The summed E-state index contributed by atoms with van der Waals surface area (Å²) in [5, 5.41) is 9.29. The van der Waals surface area contributed by atoms with Crippen LogP contribution in [0.3, 0.4) is 0 Å². The Kier molecular flexibility index (Phi) is 5.85. The third-order valence-electron chi connectivity index (χ3n) is 2.60. The van der Waals surface area contributed by atoms with Gasteiger partial charge in [-0.25, -0.2) is 0 Å². The van der Waals surface area contributed by atoms with E-state index in [1.54, 1.807) is 10.8 Å². The van der Waals surface area contributed by atoms with Crippen LogP contribution in [0, 0.1) is 0 Å². The summed E-state index contributed by atoms with van der Waals surface area (Å²) in [6.45, 7) is 2.59. The molecule has 0 radical (unpaired) electrons. The second-order valence-corrected chi connectivity index (χ2v) is 4.38. The number of hydrogen-bond donors (Lipinski definition) is 1. The van der Waals surface area contributed by atoms with Crippen molar-refractivity contribution in [2.24, 2.45) is 0 Å². The second kappa shape index (κ2) is 7.16. The fourth-order valence-corrected chi connectivity index (χ4v) is 1.92. The molecule has 0 spiro atoms. The first-order valence-electron chi connectivity index (χ1n) is 5.85. The van der Waals surface area contributed by atoms with Crippen LogP contribution < -0.4 is 0 Å². The summed E-state index contributed by atoms with van der Waals surface area (Å²) in [5.74, 6) is -1.43. The van der Waals surface area contributed by atoms with E-state index in [1.807, 2.05) is 6.92 Å². The van der Waals surface area contributed by atoms with Crippen molar-refractivity contribution in [2.75, 3.05) is 26.8 Å². The van der Waals surface area contributed by atoms with E-state index in [0.717, 1.165) is 0 Å². The minimum atomic E-state index is -1.06. The molecule has 7 heteroatoms. The van der Waals surface area contributed by atoms with Gasteiger partial charge in [0.2, 0.25) is 0 Å². The lowest BCUT2D eigenvalue weighted by molar-refractivity contribution is -0.137. The molecule has 0 saturated carbocycles. The SMILES string of the molecule is CCn1cc(Cl)cc1C(=O)N(CCOC)CC(=O)O. The highest BCUT2D eigenvalue weighted by Gasteiger charge is 2.21. The Bertz CT molecular complexity index is 459. The number of amides is 1. The summed E-state index contributed by atoms with van der Waals surface area (Å²) in [7, 11) is 1.50. The molecule has 0 fully saturated rings. The Morgan fingerprint density at radius 2 is 2.21 bits per heavy atom. The van der Waals surface area contributed by atoms with Crippen LogP contribution in [0.2, 0.25) is 5.02 Å². The number of aliphatic carboxylic acids is 1. The lowest BCUT2D eigenvalue weighted by atomic mass is 10.3. The third kappa shape index (κ3) is 4.25. The minimum absolute atomic E-state index is 0.216. The van der Waals surface area contributed by atoms with Gasteiger partial charge in [0.15, 0.2) is 0 Å². The Labute approximate surface area is 116 Å². The topological polar surface area (TPSA) is 71.8 Å². The molecule has 0 aliphatic heterocycles. The van der Waals surface area contributed by atoms with Gasteiger partial charge in [0, 0.05) is 26.4 Å². The van der Waals surface area contributed by atoms with Gasteiger partial charge in [0.25, 0.3) is 5.91 Å². The van der Waals surface area contributed by atoms with Gasteiger partial charge in [0.05, 0.1) is 11.6 Å². The Morgan fingerprint density at radius 3 is 2.74 bits per heavy atom. The molecule has 0 aliphatic rings. The Balaban J connectivity index is 2.93. The number of ether oxygens (including phenoxy) is 1.